The van der Waals surface area contributed by atoms with Crippen LogP contribution in [0, 0.1) is 12.3 Å². The Kier molecular flexibility index (Phi) is 7.67. The Balaban J connectivity index is 1.59. The van der Waals surface area contributed by atoms with Gasteiger partial charge in [0.15, 0.2) is 0 Å². The average Bonchev–Trinajstić information content (AvgIpc) is 2.82. The summed E-state index contributed by atoms with van der Waals surface area (Å²) in [5.41, 5.74) is 1.78. The number of amidine groups is 1. The topological polar surface area (TPSA) is 112 Å². The maximum Gasteiger partial charge on any atom is 0.471 e. The molecule has 0 aromatic heterocycles. The predicted octanol–water partition coefficient (Wildman–Crippen LogP) is 2.27. The van der Waals surface area contributed by atoms with E-state index >= 15 is 0 Å². The first kappa shape index (κ1) is 24.9. The van der Waals surface area contributed by atoms with E-state index in [2.05, 4.69) is 5.32 Å². The maximum atomic E-state index is 12.9. The number of hydrogen-bond donors (Lipinski definition) is 3. The third kappa shape index (κ3) is 6.19. The number of carbonyl (C=O) groups is 3. The molecule has 8 nitrogen and oxygen atoms in total. The summed E-state index contributed by atoms with van der Waals surface area (Å²) in [4.78, 5) is 38.1. The average molecular weight is 476 g/mol. The van der Waals surface area contributed by atoms with Crippen molar-refractivity contribution in [1.82, 2.24) is 15.5 Å². The van der Waals surface area contributed by atoms with Gasteiger partial charge in [-0.15, -0.1) is 0 Å². The van der Waals surface area contributed by atoms with E-state index in [9.17, 15) is 27.6 Å². The molecule has 0 spiro atoms. The van der Waals surface area contributed by atoms with Gasteiger partial charge in [0.25, 0.3) is 11.8 Å². The van der Waals surface area contributed by atoms with Crippen LogP contribution in [0.5, 0.6) is 0 Å². The lowest BCUT2D eigenvalue weighted by Crippen LogP contribution is -2.53. The Morgan fingerprint density at radius 1 is 1.03 bits per heavy atom. The Morgan fingerprint density at radius 3 is 2.24 bits per heavy atom. The van der Waals surface area contributed by atoms with Crippen LogP contribution in [0.25, 0.3) is 0 Å². The minimum atomic E-state index is -5.11. The number of hydrogen-bond acceptors (Lipinski definition) is 5. The zero-order valence-corrected chi connectivity index (χ0v) is 18.2. The van der Waals surface area contributed by atoms with Gasteiger partial charge in [0, 0.05) is 29.8 Å². The molecule has 3 amide bonds. The zero-order chi connectivity index (χ0) is 24.9. The Bertz CT molecular complexity index is 1070. The van der Waals surface area contributed by atoms with Crippen molar-refractivity contribution < 1.29 is 32.3 Å². The fourth-order valence-corrected chi connectivity index (χ4v) is 3.31. The van der Waals surface area contributed by atoms with Crippen molar-refractivity contribution in [3.8, 4) is 0 Å². The maximum absolute atomic E-state index is 12.9. The van der Waals surface area contributed by atoms with Gasteiger partial charge in [-0.3, -0.25) is 19.8 Å². The number of carbonyl (C=O) groups excluding carboxylic acids is 3. The van der Waals surface area contributed by atoms with E-state index in [4.69, 9.17) is 10.1 Å². The largest absolute Gasteiger partial charge is 0.471 e. The lowest BCUT2D eigenvalue weighted by molar-refractivity contribution is -0.171. The second kappa shape index (κ2) is 10.5. The van der Waals surface area contributed by atoms with E-state index < -0.39 is 23.8 Å². The molecule has 1 saturated heterocycles. The number of nitrogens with one attached hydrogen (secondary N) is 3. The monoisotopic (exact) mass is 476 g/mol. The highest BCUT2D eigenvalue weighted by atomic mass is 19.4. The molecule has 1 aliphatic heterocycles. The smallest absolute Gasteiger partial charge is 0.377 e. The molecule has 1 unspecified atom stereocenters. The van der Waals surface area contributed by atoms with Crippen LogP contribution in [-0.4, -0.2) is 67.0 Å². The molecule has 180 valence electrons. The number of ether oxygens (including phenoxy) is 1. The van der Waals surface area contributed by atoms with Gasteiger partial charge in [0.1, 0.15) is 5.84 Å². The van der Waals surface area contributed by atoms with Crippen molar-refractivity contribution in [2.45, 2.75) is 19.1 Å². The molecule has 0 bridgehead atoms. The summed E-state index contributed by atoms with van der Waals surface area (Å²) in [5.74, 6) is -3.62. The summed E-state index contributed by atoms with van der Waals surface area (Å²) in [5, 5.41) is 11.8. The highest BCUT2D eigenvalue weighted by Gasteiger charge is 2.39. The quantitative estimate of drug-likeness (QED) is 0.454. The van der Waals surface area contributed by atoms with Crippen LogP contribution in [0.4, 0.5) is 13.2 Å². The molecule has 34 heavy (non-hydrogen) atoms. The molecule has 0 saturated carbocycles. The molecule has 1 fully saturated rings. The number of nitrogens with zero attached hydrogens (tertiary/aromatic N) is 1. The van der Waals surface area contributed by atoms with Crippen molar-refractivity contribution in [2.24, 2.45) is 0 Å². The third-order valence-corrected chi connectivity index (χ3v) is 5.22. The standard InChI is InChI=1S/C23H23F3N4O4/c1-14-2-4-17(5-3-14)21(32)30-10-11-34-13-18(30)12-28-20(31)16-8-6-15(7-9-16)19(27)29-22(33)23(24,25)26/h2-9,18H,10-13H2,1H3,(H,28,31)(H2,27,29,33). The molecule has 1 atom stereocenters. The van der Waals surface area contributed by atoms with E-state index in [1.165, 1.54) is 29.6 Å². The summed E-state index contributed by atoms with van der Waals surface area (Å²) >= 11 is 0. The molecule has 1 aliphatic rings. The molecule has 3 N–H and O–H groups in total. The first-order valence-corrected chi connectivity index (χ1v) is 10.4. The normalized spacial score (nSPS) is 16.0. The lowest BCUT2D eigenvalue weighted by Gasteiger charge is -2.35. The predicted molar refractivity (Wildman–Crippen MR) is 117 cm³/mol. The van der Waals surface area contributed by atoms with Gasteiger partial charge < -0.3 is 20.3 Å². The minimum absolute atomic E-state index is 0.00435. The van der Waals surface area contributed by atoms with E-state index in [1.807, 2.05) is 19.1 Å². The zero-order valence-electron chi connectivity index (χ0n) is 18.2. The Labute approximate surface area is 193 Å². The van der Waals surface area contributed by atoms with E-state index in [1.54, 1.807) is 17.0 Å². The van der Waals surface area contributed by atoms with Crippen molar-refractivity contribution in [3.63, 3.8) is 0 Å². The second-order valence-corrected chi connectivity index (χ2v) is 7.71. The second-order valence-electron chi connectivity index (χ2n) is 7.71. The van der Waals surface area contributed by atoms with E-state index in [0.717, 1.165) is 5.56 Å². The number of halogens is 3. The molecule has 0 aliphatic carbocycles. The van der Waals surface area contributed by atoms with Gasteiger partial charge in [0.05, 0.1) is 19.3 Å². The lowest BCUT2D eigenvalue weighted by atomic mass is 10.1. The highest BCUT2D eigenvalue weighted by molar-refractivity contribution is 6.08. The molecule has 2 aromatic carbocycles. The summed E-state index contributed by atoms with van der Waals surface area (Å²) < 4.78 is 42.5. The number of benzene rings is 2. The van der Waals surface area contributed by atoms with Crippen LogP contribution in [0.3, 0.4) is 0 Å². The first-order valence-electron chi connectivity index (χ1n) is 10.4. The summed E-state index contributed by atoms with van der Waals surface area (Å²) in [6.07, 6.45) is -5.11. The van der Waals surface area contributed by atoms with Crippen molar-refractivity contribution in [1.29, 1.82) is 5.41 Å². The number of amides is 3. The fraction of sp³-hybridized carbons (Fsp3) is 0.304. The molecule has 2 aromatic rings. The highest BCUT2D eigenvalue weighted by Crippen LogP contribution is 2.15. The number of rotatable bonds is 5. The van der Waals surface area contributed by atoms with Gasteiger partial charge in [-0.25, -0.2) is 0 Å². The molecule has 1 heterocycles. The molecular formula is C23H23F3N4O4. The minimum Gasteiger partial charge on any atom is -0.377 e. The van der Waals surface area contributed by atoms with Crippen LogP contribution in [0.1, 0.15) is 31.8 Å². The van der Waals surface area contributed by atoms with Crippen molar-refractivity contribution in [2.75, 3.05) is 26.3 Å². The van der Waals surface area contributed by atoms with Gasteiger partial charge in [-0.05, 0) is 31.2 Å². The van der Waals surface area contributed by atoms with Gasteiger partial charge in [0.2, 0.25) is 0 Å². The van der Waals surface area contributed by atoms with Crippen molar-refractivity contribution in [3.05, 3.63) is 70.8 Å². The van der Waals surface area contributed by atoms with Gasteiger partial charge in [-0.2, -0.15) is 13.2 Å². The van der Waals surface area contributed by atoms with Crippen LogP contribution < -0.4 is 10.6 Å². The van der Waals surface area contributed by atoms with Crippen LogP contribution in [0.2, 0.25) is 0 Å². The third-order valence-electron chi connectivity index (χ3n) is 5.22. The number of alkyl halides is 3. The van der Waals surface area contributed by atoms with Crippen LogP contribution >= 0.6 is 0 Å². The van der Waals surface area contributed by atoms with Gasteiger partial charge in [-0.1, -0.05) is 29.8 Å². The van der Waals surface area contributed by atoms with Crippen molar-refractivity contribution >= 4 is 23.6 Å². The Morgan fingerprint density at radius 2 is 1.62 bits per heavy atom. The Hall–Kier alpha value is -3.73. The van der Waals surface area contributed by atoms with Gasteiger partial charge >= 0.3 is 12.1 Å². The molecular weight excluding hydrogens is 453 g/mol. The molecule has 0 radical (unpaired) electrons. The fourth-order valence-electron chi connectivity index (χ4n) is 3.31. The summed E-state index contributed by atoms with van der Waals surface area (Å²) in [7, 11) is 0. The summed E-state index contributed by atoms with van der Waals surface area (Å²) in [6, 6.07) is 12.0. The summed E-state index contributed by atoms with van der Waals surface area (Å²) in [6.45, 7) is 3.09. The van der Waals surface area contributed by atoms with Crippen LogP contribution in [-0.2, 0) is 9.53 Å². The van der Waals surface area contributed by atoms with E-state index in [-0.39, 0.29) is 36.2 Å². The SMILES string of the molecule is Cc1ccc(C(=O)N2CCOCC2CNC(=O)c2ccc(C(=N)NC(=O)C(F)(F)F)cc2)cc1. The molecule has 11 heteroatoms. The van der Waals surface area contributed by atoms with Crippen LogP contribution in [0.15, 0.2) is 48.5 Å². The molecule has 3 rings (SSSR count). The first-order chi connectivity index (χ1) is 16.1. The number of aryl methyl sites for hydroxylation is 1. The van der Waals surface area contributed by atoms with E-state index in [0.29, 0.717) is 18.7 Å². The number of morpholine rings is 1.